The summed E-state index contributed by atoms with van der Waals surface area (Å²) in [4.78, 5) is 14.9. The van der Waals surface area contributed by atoms with Gasteiger partial charge in [0.15, 0.2) is 0 Å². The van der Waals surface area contributed by atoms with Crippen molar-refractivity contribution in [3.8, 4) is 0 Å². The molecule has 1 atom stereocenters. The van der Waals surface area contributed by atoms with Gasteiger partial charge in [-0.25, -0.2) is 0 Å². The number of rotatable bonds is 5. The van der Waals surface area contributed by atoms with Gasteiger partial charge in [-0.2, -0.15) is 0 Å². The first-order chi connectivity index (χ1) is 11.7. The van der Waals surface area contributed by atoms with Crippen molar-refractivity contribution >= 4 is 16.7 Å². The molecule has 1 aromatic heterocycles. The molecule has 4 nitrogen and oxygen atoms in total. The highest BCUT2D eigenvalue weighted by Gasteiger charge is 2.36. The van der Waals surface area contributed by atoms with Crippen molar-refractivity contribution in [2.24, 2.45) is 0 Å². The summed E-state index contributed by atoms with van der Waals surface area (Å²) in [5.74, 6) is 0.117. The van der Waals surface area contributed by atoms with E-state index in [0.717, 1.165) is 12.8 Å². The van der Waals surface area contributed by atoms with Crippen LogP contribution in [0, 0.1) is 0 Å². The lowest BCUT2D eigenvalue weighted by atomic mass is 9.98. The van der Waals surface area contributed by atoms with E-state index < -0.39 is 0 Å². The van der Waals surface area contributed by atoms with Crippen LogP contribution in [0.5, 0.6) is 0 Å². The highest BCUT2D eigenvalue weighted by Crippen LogP contribution is 2.37. The Morgan fingerprint density at radius 3 is 2.75 bits per heavy atom. The van der Waals surface area contributed by atoms with E-state index in [0.29, 0.717) is 18.2 Å². The standard InChI is InChI=1S/C20H20N2O2/c1-14(18-8-4-6-15-5-2-3-7-19(15)18)22(17-9-10-17)20(23)13-16-11-12-24-21-16/h2-8,11-12,14,17H,9-10,13H2,1H3/t14-/m0/s1. The normalized spacial score (nSPS) is 15.4. The van der Waals surface area contributed by atoms with Crippen LogP contribution >= 0.6 is 0 Å². The summed E-state index contributed by atoms with van der Waals surface area (Å²) in [6.45, 7) is 2.13. The SMILES string of the molecule is C[C@@H](c1cccc2ccccc12)N(C(=O)Cc1ccon1)C1CC1. The molecule has 1 amide bonds. The van der Waals surface area contributed by atoms with Crippen molar-refractivity contribution in [3.05, 3.63) is 66.1 Å². The minimum atomic E-state index is 0.0444. The Bertz CT molecular complexity index is 848. The van der Waals surface area contributed by atoms with Crippen LogP contribution in [0.3, 0.4) is 0 Å². The summed E-state index contributed by atoms with van der Waals surface area (Å²) in [6, 6.07) is 16.8. The Labute approximate surface area is 141 Å². The lowest BCUT2D eigenvalue weighted by molar-refractivity contribution is -0.133. The molecule has 1 saturated carbocycles. The topological polar surface area (TPSA) is 46.3 Å². The summed E-state index contributed by atoms with van der Waals surface area (Å²) < 4.78 is 4.85. The maximum absolute atomic E-state index is 12.9. The molecule has 1 aliphatic rings. The molecule has 122 valence electrons. The second-order valence-electron chi connectivity index (χ2n) is 6.44. The summed E-state index contributed by atoms with van der Waals surface area (Å²) in [5.41, 5.74) is 1.89. The zero-order chi connectivity index (χ0) is 16.5. The molecule has 1 aliphatic carbocycles. The van der Waals surface area contributed by atoms with E-state index in [9.17, 15) is 4.79 Å². The average Bonchev–Trinajstić information content (AvgIpc) is 3.30. The molecule has 0 saturated heterocycles. The van der Waals surface area contributed by atoms with Gasteiger partial charge in [0.25, 0.3) is 0 Å². The van der Waals surface area contributed by atoms with Crippen molar-refractivity contribution in [1.29, 1.82) is 0 Å². The molecule has 4 heteroatoms. The predicted octanol–water partition coefficient (Wildman–Crippen LogP) is 4.12. The van der Waals surface area contributed by atoms with Crippen LogP contribution in [0.1, 0.15) is 37.1 Å². The first kappa shape index (κ1) is 14.9. The lowest BCUT2D eigenvalue weighted by Crippen LogP contribution is -2.36. The molecular formula is C20H20N2O2. The number of aromatic nitrogens is 1. The molecule has 4 rings (SSSR count). The second kappa shape index (κ2) is 6.11. The number of carbonyl (C=O) groups is 1. The number of hydrogen-bond donors (Lipinski definition) is 0. The number of benzene rings is 2. The fourth-order valence-corrected chi connectivity index (χ4v) is 3.43. The molecule has 1 fully saturated rings. The Balaban J connectivity index is 1.66. The minimum Gasteiger partial charge on any atom is -0.364 e. The first-order valence-corrected chi connectivity index (χ1v) is 8.42. The van der Waals surface area contributed by atoms with Gasteiger partial charge in [0.1, 0.15) is 6.26 Å². The van der Waals surface area contributed by atoms with Crippen LogP contribution in [-0.4, -0.2) is 22.0 Å². The van der Waals surface area contributed by atoms with Crippen molar-refractivity contribution in [2.75, 3.05) is 0 Å². The molecule has 0 radical (unpaired) electrons. The number of nitrogens with zero attached hydrogens (tertiary/aromatic N) is 2. The molecule has 2 aromatic carbocycles. The van der Waals surface area contributed by atoms with E-state index in [2.05, 4.69) is 48.5 Å². The quantitative estimate of drug-likeness (QED) is 0.710. The number of amides is 1. The Morgan fingerprint density at radius 1 is 1.21 bits per heavy atom. The Kier molecular flexibility index (Phi) is 3.81. The van der Waals surface area contributed by atoms with Crippen LogP contribution < -0.4 is 0 Å². The fraction of sp³-hybridized carbons (Fsp3) is 0.300. The van der Waals surface area contributed by atoms with Gasteiger partial charge in [0, 0.05) is 12.1 Å². The number of fused-ring (bicyclic) bond motifs is 1. The van der Waals surface area contributed by atoms with E-state index in [4.69, 9.17) is 4.52 Å². The first-order valence-electron chi connectivity index (χ1n) is 8.42. The Morgan fingerprint density at radius 2 is 2.00 bits per heavy atom. The van der Waals surface area contributed by atoms with E-state index in [-0.39, 0.29) is 11.9 Å². The average molecular weight is 320 g/mol. The molecule has 0 aliphatic heterocycles. The van der Waals surface area contributed by atoms with Crippen molar-refractivity contribution < 1.29 is 9.32 Å². The Hall–Kier alpha value is -2.62. The predicted molar refractivity (Wildman–Crippen MR) is 92.4 cm³/mol. The van der Waals surface area contributed by atoms with E-state index in [1.54, 1.807) is 6.07 Å². The maximum atomic E-state index is 12.9. The highest BCUT2D eigenvalue weighted by atomic mass is 16.5. The molecule has 0 unspecified atom stereocenters. The van der Waals surface area contributed by atoms with E-state index in [1.807, 2.05) is 11.0 Å². The smallest absolute Gasteiger partial charge is 0.229 e. The highest BCUT2D eigenvalue weighted by molar-refractivity contribution is 5.87. The maximum Gasteiger partial charge on any atom is 0.229 e. The summed E-state index contributed by atoms with van der Waals surface area (Å²) in [6.07, 6.45) is 3.97. The molecule has 0 N–H and O–H groups in total. The number of hydrogen-bond acceptors (Lipinski definition) is 3. The van der Waals surface area contributed by atoms with E-state index >= 15 is 0 Å². The fourth-order valence-electron chi connectivity index (χ4n) is 3.43. The van der Waals surface area contributed by atoms with E-state index in [1.165, 1.54) is 22.6 Å². The van der Waals surface area contributed by atoms with Crippen molar-refractivity contribution in [1.82, 2.24) is 10.1 Å². The van der Waals surface area contributed by atoms with Gasteiger partial charge in [-0.05, 0) is 36.1 Å². The van der Waals surface area contributed by atoms with Gasteiger partial charge in [-0.15, -0.1) is 0 Å². The summed E-state index contributed by atoms with van der Waals surface area (Å²) >= 11 is 0. The summed E-state index contributed by atoms with van der Waals surface area (Å²) in [7, 11) is 0. The zero-order valence-electron chi connectivity index (χ0n) is 13.7. The second-order valence-corrected chi connectivity index (χ2v) is 6.44. The zero-order valence-corrected chi connectivity index (χ0v) is 13.7. The van der Waals surface area contributed by atoms with Gasteiger partial charge in [-0.1, -0.05) is 47.6 Å². The third-order valence-corrected chi connectivity index (χ3v) is 4.74. The third-order valence-electron chi connectivity index (χ3n) is 4.74. The molecule has 0 spiro atoms. The van der Waals surface area contributed by atoms with Crippen LogP contribution in [0.25, 0.3) is 10.8 Å². The van der Waals surface area contributed by atoms with Crippen LogP contribution in [-0.2, 0) is 11.2 Å². The monoisotopic (exact) mass is 320 g/mol. The number of carbonyl (C=O) groups excluding carboxylic acids is 1. The van der Waals surface area contributed by atoms with Crippen LogP contribution in [0.4, 0.5) is 0 Å². The molecule has 24 heavy (non-hydrogen) atoms. The van der Waals surface area contributed by atoms with Crippen LogP contribution in [0.2, 0.25) is 0 Å². The third kappa shape index (κ3) is 2.80. The van der Waals surface area contributed by atoms with Gasteiger partial charge in [0.2, 0.25) is 5.91 Å². The van der Waals surface area contributed by atoms with Crippen molar-refractivity contribution in [2.45, 2.75) is 38.3 Å². The summed E-state index contributed by atoms with van der Waals surface area (Å²) in [5, 5.41) is 6.30. The van der Waals surface area contributed by atoms with Gasteiger partial charge >= 0.3 is 0 Å². The van der Waals surface area contributed by atoms with Crippen LogP contribution in [0.15, 0.2) is 59.3 Å². The lowest BCUT2D eigenvalue weighted by Gasteiger charge is -2.30. The minimum absolute atomic E-state index is 0.0444. The van der Waals surface area contributed by atoms with Crippen molar-refractivity contribution in [3.63, 3.8) is 0 Å². The molecule has 3 aromatic rings. The van der Waals surface area contributed by atoms with Gasteiger partial charge in [-0.3, -0.25) is 4.79 Å². The molecule has 0 bridgehead atoms. The van der Waals surface area contributed by atoms with Gasteiger partial charge < -0.3 is 9.42 Å². The largest absolute Gasteiger partial charge is 0.364 e. The van der Waals surface area contributed by atoms with Gasteiger partial charge in [0.05, 0.1) is 18.2 Å². The molecule has 1 heterocycles. The molecular weight excluding hydrogens is 300 g/mol.